The number of carbonyl (C=O) groups is 1. The highest BCUT2D eigenvalue weighted by molar-refractivity contribution is 6.30. The number of hydrogen-bond acceptors (Lipinski definition) is 8. The Hall–Kier alpha value is -4.91. The van der Waals surface area contributed by atoms with E-state index in [1.165, 1.54) is 6.07 Å². The largest absolute Gasteiger partial charge is 0.473 e. The van der Waals surface area contributed by atoms with Crippen LogP contribution in [0.5, 0.6) is 5.88 Å². The first-order valence-electron chi connectivity index (χ1n) is 15.9. The number of amidine groups is 1. The zero-order valence-electron chi connectivity index (χ0n) is 26.0. The second-order valence-corrected chi connectivity index (χ2v) is 12.5. The Balaban J connectivity index is 0.953. The van der Waals surface area contributed by atoms with E-state index in [2.05, 4.69) is 35.8 Å². The molecule has 244 valence electrons. The van der Waals surface area contributed by atoms with Crippen LogP contribution >= 0.6 is 11.6 Å². The molecule has 0 aliphatic carbocycles. The van der Waals surface area contributed by atoms with Crippen LogP contribution in [0.3, 0.4) is 0 Å². The van der Waals surface area contributed by atoms with Crippen molar-refractivity contribution in [3.8, 4) is 5.88 Å². The van der Waals surface area contributed by atoms with Crippen LogP contribution in [0.2, 0.25) is 5.02 Å². The molecule has 0 spiro atoms. The number of fused-ring (bicyclic) bond motifs is 2. The molecule has 11 nitrogen and oxygen atoms in total. The first-order chi connectivity index (χ1) is 23.4. The van der Waals surface area contributed by atoms with Crippen molar-refractivity contribution in [2.75, 3.05) is 19.7 Å². The minimum atomic E-state index is -0.405. The molecule has 1 N–H and O–H groups in total. The van der Waals surface area contributed by atoms with E-state index in [1.807, 2.05) is 41.1 Å². The maximum Gasteiger partial charge on any atom is 0.256 e. The molecule has 2 aromatic carbocycles. The van der Waals surface area contributed by atoms with Gasteiger partial charge < -0.3 is 23.9 Å². The number of rotatable bonds is 9. The predicted molar refractivity (Wildman–Crippen MR) is 179 cm³/mol. The zero-order chi connectivity index (χ0) is 32.6. The molecule has 3 aliphatic heterocycles. The van der Waals surface area contributed by atoms with E-state index in [9.17, 15) is 9.18 Å². The summed E-state index contributed by atoms with van der Waals surface area (Å²) in [5, 5.41) is 3.26. The minimum Gasteiger partial charge on any atom is -0.473 e. The molecule has 13 heteroatoms. The second kappa shape index (κ2) is 12.9. The van der Waals surface area contributed by atoms with E-state index >= 15 is 0 Å². The number of pyridine rings is 1. The number of ether oxygens (including phenoxy) is 2. The third-order valence-electron chi connectivity index (χ3n) is 8.88. The molecule has 1 saturated heterocycles. The van der Waals surface area contributed by atoms with Gasteiger partial charge in [-0.1, -0.05) is 29.8 Å². The molecular formula is C35H32ClFN8O3. The predicted octanol–water partition coefficient (Wildman–Crippen LogP) is 5.55. The molecular weight excluding hydrogens is 635 g/mol. The van der Waals surface area contributed by atoms with Crippen LogP contribution in [0.15, 0.2) is 78.1 Å². The molecule has 1 amide bonds. The number of benzene rings is 2. The summed E-state index contributed by atoms with van der Waals surface area (Å²) in [7, 11) is 0. The summed E-state index contributed by atoms with van der Waals surface area (Å²) < 4.78 is 29.9. The zero-order valence-corrected chi connectivity index (χ0v) is 26.7. The average Bonchev–Trinajstić information content (AvgIpc) is 3.76. The van der Waals surface area contributed by atoms with Gasteiger partial charge >= 0.3 is 0 Å². The van der Waals surface area contributed by atoms with E-state index < -0.39 is 5.82 Å². The summed E-state index contributed by atoms with van der Waals surface area (Å²) in [4.78, 5) is 33.8. The smallest absolute Gasteiger partial charge is 0.256 e. The Morgan fingerprint density at radius 2 is 2.06 bits per heavy atom. The van der Waals surface area contributed by atoms with Gasteiger partial charge in [0, 0.05) is 54.3 Å². The maximum absolute atomic E-state index is 14.2. The molecule has 3 aliphatic rings. The Labute approximate surface area is 280 Å². The summed E-state index contributed by atoms with van der Waals surface area (Å²) in [6.07, 6.45) is 7.69. The van der Waals surface area contributed by atoms with Gasteiger partial charge in [0.25, 0.3) is 5.91 Å². The number of imidazole rings is 2. The number of nitrogens with one attached hydrogen (secondary N) is 1. The van der Waals surface area contributed by atoms with Crippen molar-refractivity contribution in [2.45, 2.75) is 45.2 Å². The lowest BCUT2D eigenvalue weighted by molar-refractivity contribution is -0.0591. The van der Waals surface area contributed by atoms with Crippen LogP contribution in [0.25, 0.3) is 16.6 Å². The molecule has 0 unspecified atom stereocenters. The Morgan fingerprint density at radius 1 is 1.15 bits per heavy atom. The van der Waals surface area contributed by atoms with Gasteiger partial charge in [0.1, 0.15) is 24.1 Å². The van der Waals surface area contributed by atoms with Crippen molar-refractivity contribution in [3.63, 3.8) is 0 Å². The number of amides is 1. The van der Waals surface area contributed by atoms with Gasteiger partial charge in [-0.25, -0.2) is 19.3 Å². The van der Waals surface area contributed by atoms with Crippen molar-refractivity contribution in [1.82, 2.24) is 34.3 Å². The molecule has 0 bridgehead atoms. The highest BCUT2D eigenvalue weighted by Gasteiger charge is 2.25. The lowest BCUT2D eigenvalue weighted by atomic mass is 10.0. The number of aromatic nitrogens is 5. The van der Waals surface area contributed by atoms with E-state index in [1.54, 1.807) is 24.4 Å². The fourth-order valence-corrected chi connectivity index (χ4v) is 6.31. The molecule has 1 fully saturated rings. The van der Waals surface area contributed by atoms with Crippen molar-refractivity contribution >= 4 is 45.9 Å². The number of nitrogens with zero attached hydrogens (tertiary/aromatic N) is 7. The van der Waals surface area contributed by atoms with Gasteiger partial charge in [0.15, 0.2) is 0 Å². The molecule has 3 aromatic heterocycles. The monoisotopic (exact) mass is 666 g/mol. The average molecular weight is 667 g/mol. The fourth-order valence-electron chi connectivity index (χ4n) is 6.16. The molecule has 0 saturated carbocycles. The quantitative estimate of drug-likeness (QED) is 0.220. The van der Waals surface area contributed by atoms with Crippen molar-refractivity contribution in [1.29, 1.82) is 0 Å². The number of aliphatic imine (C=N–C) groups is 1. The van der Waals surface area contributed by atoms with E-state index in [0.29, 0.717) is 53.4 Å². The fraction of sp³-hybridized carbons (Fsp3) is 0.286. The Kier molecular flexibility index (Phi) is 8.21. The van der Waals surface area contributed by atoms with E-state index in [-0.39, 0.29) is 18.6 Å². The van der Waals surface area contributed by atoms with Crippen LogP contribution in [0.4, 0.5) is 10.3 Å². The van der Waals surface area contributed by atoms with Gasteiger partial charge in [-0.3, -0.25) is 9.69 Å². The minimum absolute atomic E-state index is 0.0628. The first kappa shape index (κ1) is 30.4. The van der Waals surface area contributed by atoms with Crippen molar-refractivity contribution < 1.29 is 18.7 Å². The third kappa shape index (κ3) is 6.34. The summed E-state index contributed by atoms with van der Waals surface area (Å²) in [5.41, 5.74) is 4.66. The summed E-state index contributed by atoms with van der Waals surface area (Å²) in [6, 6.07) is 15.8. The van der Waals surface area contributed by atoms with Gasteiger partial charge in [0.2, 0.25) is 11.8 Å². The molecule has 1 atom stereocenters. The SMILES string of the molecule is O=C(NC1=Nc2nccn2C1)c1ccc2c(c1)nc(CN1CC=C(c3cccc(OCc4ccc(Cl)cc4F)n3)CC1)n2C[C@@H]1CCO1. The summed E-state index contributed by atoms with van der Waals surface area (Å²) >= 11 is 5.87. The second-order valence-electron chi connectivity index (χ2n) is 12.1. The first-order valence-corrected chi connectivity index (χ1v) is 16.3. The van der Waals surface area contributed by atoms with Crippen LogP contribution in [-0.4, -0.2) is 66.5 Å². The normalized spacial score (nSPS) is 17.5. The van der Waals surface area contributed by atoms with Crippen molar-refractivity contribution in [2.24, 2.45) is 4.99 Å². The molecule has 0 radical (unpaired) electrons. The topological polar surface area (TPSA) is 112 Å². The van der Waals surface area contributed by atoms with Gasteiger partial charge in [0.05, 0.1) is 42.5 Å². The Morgan fingerprint density at radius 3 is 2.85 bits per heavy atom. The van der Waals surface area contributed by atoms with E-state index in [4.69, 9.17) is 26.1 Å². The summed E-state index contributed by atoms with van der Waals surface area (Å²) in [5.74, 6) is 1.89. The lowest BCUT2D eigenvalue weighted by Gasteiger charge is -2.29. The van der Waals surface area contributed by atoms with Crippen molar-refractivity contribution in [3.05, 3.63) is 107 Å². The Bertz CT molecular complexity index is 2090. The van der Waals surface area contributed by atoms with Crippen LogP contribution in [-0.2, 0) is 31.0 Å². The van der Waals surface area contributed by atoms with Crippen LogP contribution in [0, 0.1) is 5.82 Å². The maximum atomic E-state index is 14.2. The van der Waals surface area contributed by atoms with Crippen LogP contribution < -0.4 is 10.1 Å². The third-order valence-corrected chi connectivity index (χ3v) is 9.11. The number of hydrogen-bond donors (Lipinski definition) is 1. The molecule has 8 rings (SSSR count). The number of halogens is 2. The lowest BCUT2D eigenvalue weighted by Crippen LogP contribution is -2.33. The summed E-state index contributed by atoms with van der Waals surface area (Å²) in [6.45, 7) is 4.24. The van der Waals surface area contributed by atoms with Gasteiger partial charge in [-0.2, -0.15) is 4.99 Å². The van der Waals surface area contributed by atoms with E-state index in [0.717, 1.165) is 60.7 Å². The molecule has 48 heavy (non-hydrogen) atoms. The molecule has 5 aromatic rings. The highest BCUT2D eigenvalue weighted by atomic mass is 35.5. The standard InChI is InChI=1S/C35H32ClFN8O3/c36-25-6-4-24(27(37)17-25)21-48-33-3-1-2-28(40-33)22-8-12-43(13-9-22)20-32-39-29-16-23(5-7-30(29)45(32)18-26-10-15-47-26)34(46)41-31-19-44-14-11-38-35(44)42-31/h1-8,11,14,16-17,26H,9-10,12-13,15,18-21H2,(H,38,41,42,46)/t26-/m0/s1. The van der Waals surface area contributed by atoms with Gasteiger partial charge in [-0.15, -0.1) is 0 Å². The highest BCUT2D eigenvalue weighted by Crippen LogP contribution is 2.27. The number of carbonyl (C=O) groups excluding carboxylic acids is 1. The van der Waals surface area contributed by atoms with Gasteiger partial charge in [-0.05, 0) is 54.8 Å². The van der Waals surface area contributed by atoms with Crippen LogP contribution in [0.1, 0.15) is 40.3 Å². The molecule has 6 heterocycles.